The Balaban J connectivity index is 0.00000392. The minimum atomic E-state index is -3.13. The molecule has 2 N–H and O–H groups in total. The predicted molar refractivity (Wildman–Crippen MR) is 129 cm³/mol. The van der Waals surface area contributed by atoms with E-state index in [1.54, 1.807) is 0 Å². The van der Waals surface area contributed by atoms with Crippen molar-refractivity contribution >= 4 is 57.2 Å². The second-order valence-electron chi connectivity index (χ2n) is 6.66. The van der Waals surface area contributed by atoms with Crippen LogP contribution in [0.15, 0.2) is 23.2 Å². The second kappa shape index (κ2) is 12.0. The molecule has 0 spiro atoms. The van der Waals surface area contributed by atoms with E-state index in [0.29, 0.717) is 19.5 Å². The molecule has 1 aliphatic rings. The van der Waals surface area contributed by atoms with Crippen molar-refractivity contribution in [2.24, 2.45) is 4.99 Å². The maximum atomic E-state index is 11.1. The lowest BCUT2D eigenvalue weighted by atomic mass is 10.1. The van der Waals surface area contributed by atoms with Gasteiger partial charge in [0, 0.05) is 56.5 Å². The molecule has 0 atom stereocenters. The number of rotatable bonds is 7. The third-order valence-electron chi connectivity index (χ3n) is 4.39. The first-order chi connectivity index (χ1) is 12.8. The molecule has 1 aromatic rings. The number of aryl methyl sites for hydroxylation is 1. The topological polar surface area (TPSA) is 77.0 Å². The van der Waals surface area contributed by atoms with Gasteiger partial charge in [-0.15, -0.1) is 24.0 Å². The minimum absolute atomic E-state index is 0. The zero-order chi connectivity index (χ0) is 19.9. The number of hydrogen-bond donors (Lipinski definition) is 2. The number of halogens is 2. The number of nitrogens with zero attached hydrogens (tertiary/aromatic N) is 3. The van der Waals surface area contributed by atoms with Crippen LogP contribution < -0.4 is 14.9 Å². The molecular formula is C18H31ClIN5O2S. The lowest BCUT2D eigenvalue weighted by Crippen LogP contribution is -2.52. The van der Waals surface area contributed by atoms with Crippen molar-refractivity contribution in [1.82, 2.24) is 14.9 Å². The molecule has 0 saturated carbocycles. The third kappa shape index (κ3) is 8.30. The van der Waals surface area contributed by atoms with Gasteiger partial charge in [-0.05, 0) is 38.0 Å². The summed E-state index contributed by atoms with van der Waals surface area (Å²) in [5.41, 5.74) is 2.42. The van der Waals surface area contributed by atoms with Crippen molar-refractivity contribution in [3.05, 3.63) is 28.8 Å². The van der Waals surface area contributed by atoms with Crippen LogP contribution in [0.25, 0.3) is 0 Å². The molecule has 28 heavy (non-hydrogen) atoms. The Morgan fingerprint density at radius 2 is 1.93 bits per heavy atom. The van der Waals surface area contributed by atoms with E-state index < -0.39 is 10.0 Å². The van der Waals surface area contributed by atoms with Gasteiger partial charge in [-0.2, -0.15) is 0 Å². The minimum Gasteiger partial charge on any atom is -0.368 e. The van der Waals surface area contributed by atoms with E-state index >= 15 is 0 Å². The summed E-state index contributed by atoms with van der Waals surface area (Å²) in [7, 11) is -3.13. The van der Waals surface area contributed by atoms with E-state index in [9.17, 15) is 8.42 Å². The van der Waals surface area contributed by atoms with Gasteiger partial charge in [0.1, 0.15) is 0 Å². The maximum absolute atomic E-state index is 11.1. The molecule has 0 radical (unpaired) electrons. The van der Waals surface area contributed by atoms with Gasteiger partial charge in [-0.3, -0.25) is 4.99 Å². The van der Waals surface area contributed by atoms with Crippen molar-refractivity contribution in [2.45, 2.75) is 20.3 Å². The number of guanidine groups is 1. The molecule has 1 heterocycles. The predicted octanol–water partition coefficient (Wildman–Crippen LogP) is 2.29. The zero-order valence-corrected chi connectivity index (χ0v) is 20.6. The summed E-state index contributed by atoms with van der Waals surface area (Å²) in [6, 6.07) is 6.01. The fourth-order valence-electron chi connectivity index (χ4n) is 3.03. The number of piperazine rings is 1. The summed E-state index contributed by atoms with van der Waals surface area (Å²) in [5, 5.41) is 4.09. The fourth-order valence-corrected chi connectivity index (χ4v) is 3.71. The van der Waals surface area contributed by atoms with Crippen molar-refractivity contribution in [3.63, 3.8) is 0 Å². The second-order valence-corrected chi connectivity index (χ2v) is 8.93. The zero-order valence-electron chi connectivity index (χ0n) is 16.7. The van der Waals surface area contributed by atoms with Crippen LogP contribution in [-0.4, -0.2) is 71.3 Å². The first-order valence-corrected chi connectivity index (χ1v) is 11.6. The van der Waals surface area contributed by atoms with Crippen LogP contribution >= 0.6 is 35.6 Å². The average Bonchev–Trinajstić information content (AvgIpc) is 2.62. The Bertz CT molecular complexity index is 752. The third-order valence-corrected chi connectivity index (χ3v) is 5.35. The van der Waals surface area contributed by atoms with E-state index in [2.05, 4.69) is 37.8 Å². The Morgan fingerprint density at radius 3 is 2.54 bits per heavy atom. The highest BCUT2D eigenvalue weighted by molar-refractivity contribution is 14.0. The van der Waals surface area contributed by atoms with Gasteiger partial charge in [-0.25, -0.2) is 13.1 Å². The van der Waals surface area contributed by atoms with Gasteiger partial charge in [0.2, 0.25) is 10.0 Å². The largest absolute Gasteiger partial charge is 0.368 e. The molecule has 0 unspecified atom stereocenters. The normalized spacial score (nSPS) is 15.4. The highest BCUT2D eigenvalue weighted by Crippen LogP contribution is 2.25. The summed E-state index contributed by atoms with van der Waals surface area (Å²) in [6.07, 6.45) is 1.84. The van der Waals surface area contributed by atoms with E-state index in [1.165, 1.54) is 17.5 Å². The molecule has 0 aliphatic carbocycles. The average molecular weight is 544 g/mol. The molecule has 1 saturated heterocycles. The molecule has 7 nitrogen and oxygen atoms in total. The van der Waals surface area contributed by atoms with Crippen LogP contribution in [0.2, 0.25) is 5.02 Å². The highest BCUT2D eigenvalue weighted by atomic mass is 127. The monoisotopic (exact) mass is 543 g/mol. The Morgan fingerprint density at radius 1 is 1.25 bits per heavy atom. The van der Waals surface area contributed by atoms with Crippen molar-refractivity contribution in [1.29, 1.82) is 0 Å². The van der Waals surface area contributed by atoms with E-state index in [0.717, 1.165) is 43.7 Å². The molecule has 10 heteroatoms. The number of hydrogen-bond acceptors (Lipinski definition) is 4. The van der Waals surface area contributed by atoms with Gasteiger partial charge in [0.15, 0.2) is 5.96 Å². The van der Waals surface area contributed by atoms with Crippen molar-refractivity contribution in [3.8, 4) is 0 Å². The maximum Gasteiger partial charge on any atom is 0.208 e. The van der Waals surface area contributed by atoms with E-state index in [4.69, 9.17) is 11.6 Å². The van der Waals surface area contributed by atoms with Gasteiger partial charge >= 0.3 is 0 Å². The summed E-state index contributed by atoms with van der Waals surface area (Å²) in [5.74, 6) is 0.888. The number of anilines is 1. The van der Waals surface area contributed by atoms with Gasteiger partial charge < -0.3 is 15.1 Å². The molecule has 1 fully saturated rings. The Labute approximate surface area is 191 Å². The molecule has 0 amide bonds. The first kappa shape index (κ1) is 25.3. The van der Waals surface area contributed by atoms with Crippen LogP contribution in [-0.2, 0) is 10.0 Å². The molecule has 2 rings (SSSR count). The molecular weight excluding hydrogens is 513 g/mol. The van der Waals surface area contributed by atoms with Crippen LogP contribution in [0.1, 0.15) is 18.9 Å². The Hall–Kier alpha value is -0.780. The van der Waals surface area contributed by atoms with Gasteiger partial charge in [0.05, 0.1) is 6.26 Å². The summed E-state index contributed by atoms with van der Waals surface area (Å²) < 4.78 is 24.7. The Kier molecular flexibility index (Phi) is 10.9. The molecule has 1 aromatic carbocycles. The summed E-state index contributed by atoms with van der Waals surface area (Å²) in [6.45, 7) is 9.50. The van der Waals surface area contributed by atoms with Crippen LogP contribution in [0.4, 0.5) is 5.69 Å². The van der Waals surface area contributed by atoms with Gasteiger partial charge in [0.25, 0.3) is 0 Å². The lowest BCUT2D eigenvalue weighted by molar-refractivity contribution is 0.372. The number of sulfonamides is 1. The van der Waals surface area contributed by atoms with Crippen LogP contribution in [0, 0.1) is 6.92 Å². The highest BCUT2D eigenvalue weighted by Gasteiger charge is 2.20. The lowest BCUT2D eigenvalue weighted by Gasteiger charge is -2.38. The van der Waals surface area contributed by atoms with E-state index in [-0.39, 0.29) is 24.0 Å². The smallest absolute Gasteiger partial charge is 0.208 e. The van der Waals surface area contributed by atoms with Crippen LogP contribution in [0.3, 0.4) is 0 Å². The summed E-state index contributed by atoms with van der Waals surface area (Å²) in [4.78, 5) is 9.26. The fraction of sp³-hybridized carbons (Fsp3) is 0.611. The molecule has 0 aromatic heterocycles. The number of benzene rings is 1. The number of aliphatic imine (C=N–C) groups is 1. The quantitative estimate of drug-likeness (QED) is 0.239. The van der Waals surface area contributed by atoms with Crippen molar-refractivity contribution < 1.29 is 8.42 Å². The molecule has 1 aliphatic heterocycles. The summed E-state index contributed by atoms with van der Waals surface area (Å²) >= 11 is 6.16. The first-order valence-electron chi connectivity index (χ1n) is 9.29. The van der Waals surface area contributed by atoms with Crippen LogP contribution in [0.5, 0.6) is 0 Å². The van der Waals surface area contributed by atoms with Gasteiger partial charge in [-0.1, -0.05) is 17.7 Å². The number of nitrogens with one attached hydrogen (secondary N) is 2. The molecule has 0 bridgehead atoms. The standard InChI is InChI=1S/C18H30ClN5O2S.HI/c1-4-20-18(21-8-5-9-22-27(3,25)26)24-12-10-23(11-13-24)17-14-16(19)7-6-15(17)2;/h6-7,14,22H,4-5,8-13H2,1-3H3,(H,20,21);1H. The SMILES string of the molecule is CCNC(=NCCCNS(C)(=O)=O)N1CCN(c2cc(Cl)ccc2C)CC1.I. The van der Waals surface area contributed by atoms with Crippen molar-refractivity contribution in [2.75, 3.05) is 57.0 Å². The van der Waals surface area contributed by atoms with E-state index in [1.807, 2.05) is 19.1 Å². The molecule has 160 valence electrons.